The molecule has 0 bridgehead atoms. The van der Waals surface area contributed by atoms with Crippen LogP contribution in [0.3, 0.4) is 0 Å². The summed E-state index contributed by atoms with van der Waals surface area (Å²) in [6.07, 6.45) is -4.85. The maximum atomic E-state index is 13.0. The lowest BCUT2D eigenvalue weighted by Crippen LogP contribution is -2.14. The third-order valence-electron chi connectivity index (χ3n) is 2.91. The second-order valence-corrected chi connectivity index (χ2v) is 5.60. The molecule has 0 atom stereocenters. The third kappa shape index (κ3) is 4.47. The number of anilines is 1. The van der Waals surface area contributed by atoms with Gasteiger partial charge in [-0.1, -0.05) is 17.4 Å². The normalized spacial score (nSPS) is 11.1. The number of esters is 1. The van der Waals surface area contributed by atoms with E-state index >= 15 is 0 Å². The number of benzene rings is 1. The van der Waals surface area contributed by atoms with Crippen LogP contribution >= 0.6 is 11.3 Å². The monoisotopic (exact) mass is 374 g/mol. The number of ether oxygens (including phenoxy) is 2. The minimum absolute atomic E-state index is 0.0838. The quantitative estimate of drug-likeness (QED) is 0.809. The molecule has 0 spiro atoms. The predicted octanol–water partition coefficient (Wildman–Crippen LogP) is 3.60. The van der Waals surface area contributed by atoms with E-state index in [-0.39, 0.29) is 17.3 Å². The highest BCUT2D eigenvalue weighted by atomic mass is 32.1. The van der Waals surface area contributed by atoms with Gasteiger partial charge in [0.15, 0.2) is 10.8 Å². The predicted molar refractivity (Wildman–Crippen MR) is 84.0 cm³/mol. The molecular weight excluding hydrogens is 361 g/mol. The number of hydrogen-bond donors (Lipinski definition) is 1. The Balaban J connectivity index is 2.30. The fraction of sp³-hybridized carbons (Fsp3) is 0.267. The van der Waals surface area contributed by atoms with Crippen molar-refractivity contribution < 1.29 is 32.2 Å². The molecule has 1 amide bonds. The molecule has 0 unspecified atom stereocenters. The second kappa shape index (κ2) is 7.51. The van der Waals surface area contributed by atoms with E-state index in [0.717, 1.165) is 0 Å². The van der Waals surface area contributed by atoms with Crippen molar-refractivity contribution in [2.75, 3.05) is 19.0 Å². The van der Waals surface area contributed by atoms with E-state index in [9.17, 15) is 22.8 Å². The minimum Gasteiger partial charge on any atom is -0.497 e. The topological polar surface area (TPSA) is 77.5 Å². The summed E-state index contributed by atoms with van der Waals surface area (Å²) in [6, 6.07) is 6.05. The second-order valence-electron chi connectivity index (χ2n) is 4.60. The van der Waals surface area contributed by atoms with Crippen molar-refractivity contribution in [1.29, 1.82) is 0 Å². The van der Waals surface area contributed by atoms with Gasteiger partial charge in [0.05, 0.1) is 13.7 Å². The molecule has 1 N–H and O–H groups in total. The number of carbonyl (C=O) groups is 2. The first-order chi connectivity index (χ1) is 11.8. The van der Waals surface area contributed by atoms with Gasteiger partial charge in [0.2, 0.25) is 0 Å². The Morgan fingerprint density at radius 3 is 2.64 bits per heavy atom. The third-order valence-corrected chi connectivity index (χ3v) is 3.86. The standard InChI is InChI=1S/C15H13F3N2O4S/c1-3-24-13(22)10-11(15(16,17)18)19-14(25-10)20-12(21)8-5-4-6-9(7-8)23-2/h4-7H,3H2,1-2H3,(H,19,20,21). The molecule has 0 aliphatic rings. The maximum absolute atomic E-state index is 13.0. The zero-order valence-corrected chi connectivity index (χ0v) is 14.0. The summed E-state index contributed by atoms with van der Waals surface area (Å²) >= 11 is 0.399. The summed E-state index contributed by atoms with van der Waals surface area (Å²) in [7, 11) is 1.42. The van der Waals surface area contributed by atoms with Gasteiger partial charge in [-0.15, -0.1) is 0 Å². The number of rotatable bonds is 5. The van der Waals surface area contributed by atoms with E-state index in [0.29, 0.717) is 17.1 Å². The summed E-state index contributed by atoms with van der Waals surface area (Å²) < 4.78 is 48.7. The van der Waals surface area contributed by atoms with Crippen LogP contribution < -0.4 is 10.1 Å². The molecule has 6 nitrogen and oxygen atoms in total. The van der Waals surface area contributed by atoms with Gasteiger partial charge in [-0.3, -0.25) is 10.1 Å². The molecule has 0 aliphatic carbocycles. The Morgan fingerprint density at radius 1 is 1.32 bits per heavy atom. The fourth-order valence-corrected chi connectivity index (χ4v) is 2.71. The van der Waals surface area contributed by atoms with Crippen LogP contribution in [0.25, 0.3) is 0 Å². The fourth-order valence-electron chi connectivity index (χ4n) is 1.83. The van der Waals surface area contributed by atoms with E-state index in [1.165, 1.54) is 26.2 Å². The first kappa shape index (κ1) is 18.7. The van der Waals surface area contributed by atoms with Crippen LogP contribution in [0.1, 0.15) is 32.6 Å². The number of halogens is 3. The van der Waals surface area contributed by atoms with Crippen molar-refractivity contribution in [3.05, 3.63) is 40.4 Å². The summed E-state index contributed by atoms with van der Waals surface area (Å²) in [5.74, 6) is -1.42. The Labute approximate surface area is 144 Å². The lowest BCUT2D eigenvalue weighted by molar-refractivity contribution is -0.141. The van der Waals surface area contributed by atoms with Gasteiger partial charge in [-0.05, 0) is 25.1 Å². The van der Waals surface area contributed by atoms with E-state index in [1.54, 1.807) is 12.1 Å². The highest BCUT2D eigenvalue weighted by Gasteiger charge is 2.40. The van der Waals surface area contributed by atoms with Crippen LogP contribution in [0, 0.1) is 0 Å². The molecular formula is C15H13F3N2O4S. The molecule has 134 valence electrons. The number of alkyl halides is 3. The maximum Gasteiger partial charge on any atom is 0.435 e. The lowest BCUT2D eigenvalue weighted by atomic mass is 10.2. The number of nitrogens with one attached hydrogen (secondary N) is 1. The summed E-state index contributed by atoms with van der Waals surface area (Å²) in [6.45, 7) is 1.39. The number of hydrogen-bond acceptors (Lipinski definition) is 6. The number of nitrogens with zero attached hydrogens (tertiary/aromatic N) is 1. The van der Waals surface area contributed by atoms with Crippen molar-refractivity contribution >= 4 is 28.3 Å². The molecule has 0 saturated carbocycles. The summed E-state index contributed by atoms with van der Waals surface area (Å²) in [5, 5.41) is 1.89. The van der Waals surface area contributed by atoms with E-state index in [2.05, 4.69) is 15.0 Å². The number of thiazole rings is 1. The molecule has 1 heterocycles. The Hall–Kier alpha value is -2.62. The molecule has 1 aromatic carbocycles. The largest absolute Gasteiger partial charge is 0.497 e. The van der Waals surface area contributed by atoms with Crippen LogP contribution in [0.2, 0.25) is 0 Å². The molecule has 0 aliphatic heterocycles. The van der Waals surface area contributed by atoms with Crippen molar-refractivity contribution in [3.8, 4) is 5.75 Å². The highest BCUT2D eigenvalue weighted by Crippen LogP contribution is 2.36. The first-order valence-electron chi connectivity index (χ1n) is 6.96. The summed E-state index contributed by atoms with van der Waals surface area (Å²) in [5.41, 5.74) is -1.22. The van der Waals surface area contributed by atoms with Crippen LogP contribution in [0.15, 0.2) is 24.3 Å². The number of methoxy groups -OCH3 is 1. The lowest BCUT2D eigenvalue weighted by Gasteiger charge is -2.05. The van der Waals surface area contributed by atoms with Crippen molar-refractivity contribution in [3.63, 3.8) is 0 Å². The van der Waals surface area contributed by atoms with Gasteiger partial charge in [0, 0.05) is 5.56 Å². The minimum atomic E-state index is -4.85. The van der Waals surface area contributed by atoms with E-state index < -0.39 is 28.6 Å². The van der Waals surface area contributed by atoms with E-state index in [4.69, 9.17) is 4.74 Å². The Morgan fingerprint density at radius 2 is 2.04 bits per heavy atom. The molecule has 0 radical (unpaired) electrons. The van der Waals surface area contributed by atoms with Crippen molar-refractivity contribution in [2.24, 2.45) is 0 Å². The van der Waals surface area contributed by atoms with Gasteiger partial charge in [0.1, 0.15) is 10.6 Å². The van der Waals surface area contributed by atoms with Crippen LogP contribution in [-0.4, -0.2) is 30.6 Å². The highest BCUT2D eigenvalue weighted by molar-refractivity contribution is 7.17. The van der Waals surface area contributed by atoms with Crippen molar-refractivity contribution in [1.82, 2.24) is 4.98 Å². The number of aromatic nitrogens is 1. The average Bonchev–Trinajstić information content (AvgIpc) is 2.99. The zero-order valence-electron chi connectivity index (χ0n) is 13.1. The van der Waals surface area contributed by atoms with Gasteiger partial charge in [-0.2, -0.15) is 13.2 Å². The summed E-state index contributed by atoms with van der Waals surface area (Å²) in [4.78, 5) is 26.4. The van der Waals surface area contributed by atoms with Crippen LogP contribution in [-0.2, 0) is 10.9 Å². The van der Waals surface area contributed by atoms with Crippen LogP contribution in [0.5, 0.6) is 5.75 Å². The van der Waals surface area contributed by atoms with Crippen molar-refractivity contribution in [2.45, 2.75) is 13.1 Å². The Bertz CT molecular complexity index is 789. The molecule has 0 saturated heterocycles. The molecule has 10 heteroatoms. The van der Waals surface area contributed by atoms with Gasteiger partial charge in [0.25, 0.3) is 5.91 Å². The molecule has 1 aromatic heterocycles. The first-order valence-corrected chi connectivity index (χ1v) is 7.78. The zero-order chi connectivity index (χ0) is 18.6. The van der Waals surface area contributed by atoms with E-state index in [1.807, 2.05) is 0 Å². The Kier molecular flexibility index (Phi) is 5.62. The number of carbonyl (C=O) groups excluding carboxylic acids is 2. The molecule has 2 rings (SSSR count). The van der Waals surface area contributed by atoms with Gasteiger partial charge < -0.3 is 9.47 Å². The van der Waals surface area contributed by atoms with Gasteiger partial charge >= 0.3 is 12.1 Å². The van der Waals surface area contributed by atoms with Gasteiger partial charge in [-0.25, -0.2) is 9.78 Å². The number of amides is 1. The smallest absolute Gasteiger partial charge is 0.435 e. The molecule has 25 heavy (non-hydrogen) atoms. The molecule has 0 fully saturated rings. The average molecular weight is 374 g/mol. The molecule has 2 aromatic rings. The SMILES string of the molecule is CCOC(=O)c1sc(NC(=O)c2cccc(OC)c2)nc1C(F)(F)F. The van der Waals surface area contributed by atoms with Crippen LogP contribution in [0.4, 0.5) is 18.3 Å².